The van der Waals surface area contributed by atoms with Gasteiger partial charge in [0.1, 0.15) is 0 Å². The predicted octanol–water partition coefficient (Wildman–Crippen LogP) is 2.56. The molecule has 0 unspecified atom stereocenters. The minimum Gasteiger partial charge on any atom is -0.481 e. The lowest BCUT2D eigenvalue weighted by Crippen LogP contribution is -1.78. The molecule has 19 heavy (non-hydrogen) atoms. The normalized spacial score (nSPS) is 7.16. The number of carboxylic acid groups (broad SMARTS) is 3. The Morgan fingerprint density at radius 2 is 1.00 bits per heavy atom. The van der Waals surface area contributed by atoms with Crippen molar-refractivity contribution >= 4 is 40.5 Å². The molecule has 0 aliphatic carbocycles. The monoisotopic (exact) mass is 384 g/mol. The van der Waals surface area contributed by atoms with Crippen LogP contribution in [0.5, 0.6) is 0 Å². The molecule has 0 radical (unpaired) electrons. The van der Waals surface area contributed by atoms with Crippen molar-refractivity contribution in [2.45, 2.75) is 20.8 Å². The van der Waals surface area contributed by atoms with E-state index in [0.29, 0.717) is 0 Å². The minimum atomic E-state index is -0.833. The van der Waals surface area contributed by atoms with E-state index in [9.17, 15) is 0 Å². The largest absolute Gasteiger partial charge is 0.481 e. The molecular formula is C12H17IO6. The first-order valence-corrected chi connectivity index (χ1v) is 5.96. The van der Waals surface area contributed by atoms with Crippen molar-refractivity contribution in [1.82, 2.24) is 0 Å². The van der Waals surface area contributed by atoms with Gasteiger partial charge in [0.2, 0.25) is 0 Å². The molecule has 1 aromatic carbocycles. The molecule has 1 rings (SSSR count). The summed E-state index contributed by atoms with van der Waals surface area (Å²) in [6.07, 6.45) is 0. The van der Waals surface area contributed by atoms with Gasteiger partial charge in [-0.25, -0.2) is 0 Å². The highest BCUT2D eigenvalue weighted by molar-refractivity contribution is 14.1. The number of halogens is 1. The Balaban J connectivity index is -0.000000189. The number of hydrogen-bond donors (Lipinski definition) is 3. The summed E-state index contributed by atoms with van der Waals surface area (Å²) in [7, 11) is 0. The topological polar surface area (TPSA) is 112 Å². The molecule has 0 atom stereocenters. The third-order valence-electron chi connectivity index (χ3n) is 0.733. The summed E-state index contributed by atoms with van der Waals surface area (Å²) in [6, 6.07) is 10.2. The van der Waals surface area contributed by atoms with Gasteiger partial charge in [0, 0.05) is 24.3 Å². The predicted molar refractivity (Wildman–Crippen MR) is 79.1 cm³/mol. The molecule has 0 spiro atoms. The molecule has 0 aliphatic heterocycles. The Hall–Kier alpha value is -1.64. The fourth-order valence-electron chi connectivity index (χ4n) is 0.415. The number of hydrogen-bond acceptors (Lipinski definition) is 3. The summed E-state index contributed by atoms with van der Waals surface area (Å²) in [5.74, 6) is -2.50. The number of aliphatic carboxylic acids is 3. The molecule has 6 nitrogen and oxygen atoms in total. The van der Waals surface area contributed by atoms with Crippen LogP contribution < -0.4 is 0 Å². The summed E-state index contributed by atoms with van der Waals surface area (Å²) in [6.45, 7) is 3.25. The van der Waals surface area contributed by atoms with Crippen molar-refractivity contribution < 1.29 is 29.7 Å². The second-order valence-corrected chi connectivity index (χ2v) is 4.10. The van der Waals surface area contributed by atoms with Crippen molar-refractivity contribution in [1.29, 1.82) is 0 Å². The van der Waals surface area contributed by atoms with E-state index >= 15 is 0 Å². The molecule has 0 aliphatic rings. The van der Waals surface area contributed by atoms with Gasteiger partial charge in [0.25, 0.3) is 17.9 Å². The van der Waals surface area contributed by atoms with Crippen LogP contribution in [0.1, 0.15) is 20.8 Å². The van der Waals surface area contributed by atoms with Gasteiger partial charge in [0.15, 0.2) is 0 Å². The second-order valence-electron chi connectivity index (χ2n) is 2.85. The SMILES string of the molecule is CC(=O)O.CC(=O)O.CC(=O)O.Ic1ccccc1. The highest BCUT2D eigenvalue weighted by Gasteiger charge is 1.74. The summed E-state index contributed by atoms with van der Waals surface area (Å²) in [5.41, 5.74) is 0. The van der Waals surface area contributed by atoms with E-state index in [0.717, 1.165) is 20.8 Å². The van der Waals surface area contributed by atoms with Crippen LogP contribution in [0, 0.1) is 3.57 Å². The number of rotatable bonds is 0. The zero-order valence-electron chi connectivity index (χ0n) is 10.8. The zero-order valence-corrected chi connectivity index (χ0v) is 13.0. The molecule has 0 amide bonds. The van der Waals surface area contributed by atoms with Gasteiger partial charge in [-0.2, -0.15) is 0 Å². The third kappa shape index (κ3) is 83.4. The Bertz CT molecular complexity index is 323. The maximum atomic E-state index is 9.00. The van der Waals surface area contributed by atoms with Gasteiger partial charge < -0.3 is 15.3 Å². The van der Waals surface area contributed by atoms with Crippen LogP contribution in [-0.2, 0) is 14.4 Å². The van der Waals surface area contributed by atoms with Gasteiger partial charge in [-0.15, -0.1) is 0 Å². The molecule has 0 aromatic heterocycles. The molecule has 0 fully saturated rings. The van der Waals surface area contributed by atoms with Crippen LogP contribution in [-0.4, -0.2) is 33.2 Å². The molecule has 3 N–H and O–H groups in total. The Labute approximate surface area is 125 Å². The number of carbonyl (C=O) groups is 3. The Morgan fingerprint density at radius 1 is 0.789 bits per heavy atom. The van der Waals surface area contributed by atoms with Crippen molar-refractivity contribution in [2.24, 2.45) is 0 Å². The van der Waals surface area contributed by atoms with Gasteiger partial charge in [-0.1, -0.05) is 18.2 Å². The number of benzene rings is 1. The molecule has 0 saturated heterocycles. The van der Waals surface area contributed by atoms with Crippen LogP contribution in [0.25, 0.3) is 0 Å². The van der Waals surface area contributed by atoms with Crippen LogP contribution in [0.4, 0.5) is 0 Å². The van der Waals surface area contributed by atoms with Gasteiger partial charge >= 0.3 is 0 Å². The number of carboxylic acids is 3. The van der Waals surface area contributed by atoms with E-state index in [-0.39, 0.29) is 0 Å². The summed E-state index contributed by atoms with van der Waals surface area (Å²) >= 11 is 2.28. The van der Waals surface area contributed by atoms with Crippen molar-refractivity contribution in [3.05, 3.63) is 33.9 Å². The lowest BCUT2D eigenvalue weighted by Gasteiger charge is -1.80. The maximum Gasteiger partial charge on any atom is 0.300 e. The molecule has 1 aromatic rings. The molecule has 108 valence electrons. The van der Waals surface area contributed by atoms with Gasteiger partial charge in [0.05, 0.1) is 0 Å². The van der Waals surface area contributed by atoms with Crippen molar-refractivity contribution in [2.75, 3.05) is 0 Å². The highest BCUT2D eigenvalue weighted by Crippen LogP contribution is 1.99. The molecule has 7 heteroatoms. The van der Waals surface area contributed by atoms with Gasteiger partial charge in [-0.3, -0.25) is 14.4 Å². The zero-order chi connectivity index (χ0) is 15.8. The standard InChI is InChI=1S/C6H5I.3C2H4O2/c7-6-4-2-1-3-5-6;3*1-2(3)4/h1-5H;3*1H3,(H,3,4). The van der Waals surface area contributed by atoms with Crippen LogP contribution in [0.3, 0.4) is 0 Å². The van der Waals surface area contributed by atoms with E-state index in [1.165, 1.54) is 3.57 Å². The lowest BCUT2D eigenvalue weighted by atomic mass is 10.4. The smallest absolute Gasteiger partial charge is 0.300 e. The quantitative estimate of drug-likeness (QED) is 0.593. The first-order chi connectivity index (χ1) is 8.59. The van der Waals surface area contributed by atoms with E-state index in [2.05, 4.69) is 34.7 Å². The van der Waals surface area contributed by atoms with E-state index in [1.807, 2.05) is 18.2 Å². The highest BCUT2D eigenvalue weighted by atomic mass is 127. The molecular weight excluding hydrogens is 367 g/mol. The lowest BCUT2D eigenvalue weighted by molar-refractivity contribution is -0.135. The average molecular weight is 384 g/mol. The summed E-state index contributed by atoms with van der Waals surface area (Å²) in [5, 5.41) is 22.2. The second kappa shape index (κ2) is 16.4. The van der Waals surface area contributed by atoms with E-state index in [4.69, 9.17) is 29.7 Å². The van der Waals surface area contributed by atoms with E-state index < -0.39 is 17.9 Å². The fourth-order valence-corrected chi connectivity index (χ4v) is 0.830. The van der Waals surface area contributed by atoms with Crippen LogP contribution in [0.2, 0.25) is 0 Å². The Morgan fingerprint density at radius 3 is 1.11 bits per heavy atom. The van der Waals surface area contributed by atoms with Gasteiger partial charge in [-0.05, 0) is 34.7 Å². The first-order valence-electron chi connectivity index (χ1n) is 4.88. The molecule has 0 heterocycles. The summed E-state index contributed by atoms with van der Waals surface area (Å²) in [4.78, 5) is 27.0. The Kier molecular flexibility index (Phi) is 19.4. The molecule has 0 saturated carbocycles. The first kappa shape index (κ1) is 22.5. The van der Waals surface area contributed by atoms with E-state index in [1.54, 1.807) is 0 Å². The van der Waals surface area contributed by atoms with Crippen molar-refractivity contribution in [3.8, 4) is 0 Å². The van der Waals surface area contributed by atoms with Crippen LogP contribution in [0.15, 0.2) is 30.3 Å². The fraction of sp³-hybridized carbons (Fsp3) is 0.250. The third-order valence-corrected chi connectivity index (χ3v) is 1.45. The van der Waals surface area contributed by atoms with Crippen molar-refractivity contribution in [3.63, 3.8) is 0 Å². The average Bonchev–Trinajstić information content (AvgIpc) is 2.15. The van der Waals surface area contributed by atoms with Crippen LogP contribution >= 0.6 is 22.6 Å². The maximum absolute atomic E-state index is 9.00. The minimum absolute atomic E-state index is 0.833. The molecule has 0 bridgehead atoms. The summed E-state index contributed by atoms with van der Waals surface area (Å²) < 4.78 is 1.29.